The van der Waals surface area contributed by atoms with E-state index in [9.17, 15) is 4.79 Å². The molecule has 0 bridgehead atoms. The van der Waals surface area contributed by atoms with Gasteiger partial charge < -0.3 is 9.73 Å². The summed E-state index contributed by atoms with van der Waals surface area (Å²) in [5.74, 6) is 0.0360. The first kappa shape index (κ1) is 7.85. The van der Waals surface area contributed by atoms with Gasteiger partial charge in [-0.15, -0.1) is 0 Å². The summed E-state index contributed by atoms with van der Waals surface area (Å²) in [6, 6.07) is 1.72. The first-order chi connectivity index (χ1) is 5.33. The summed E-state index contributed by atoms with van der Waals surface area (Å²) in [5, 5.41) is 2.69. The molecular formula is C8H11NO2. The zero-order valence-electron chi connectivity index (χ0n) is 6.46. The molecule has 1 heterocycles. The maximum Gasteiger partial charge on any atom is 0.224 e. The van der Waals surface area contributed by atoms with Gasteiger partial charge in [0.1, 0.15) is 6.26 Å². The highest BCUT2D eigenvalue weighted by Crippen LogP contribution is 2.06. The average molecular weight is 153 g/mol. The van der Waals surface area contributed by atoms with Crippen LogP contribution >= 0.6 is 0 Å². The van der Waals surface area contributed by atoms with Crippen molar-refractivity contribution in [1.82, 2.24) is 0 Å². The zero-order chi connectivity index (χ0) is 8.10. The monoisotopic (exact) mass is 153 g/mol. The largest absolute Gasteiger partial charge is 0.470 e. The average Bonchev–Trinajstić information content (AvgIpc) is 2.40. The number of nitrogens with one attached hydrogen (secondary N) is 1. The molecule has 0 aliphatic carbocycles. The third-order valence-electron chi connectivity index (χ3n) is 1.28. The highest BCUT2D eigenvalue weighted by Gasteiger charge is 1.99. The number of carbonyl (C=O) groups is 1. The summed E-state index contributed by atoms with van der Waals surface area (Å²) < 4.78 is 4.78. The third-order valence-corrected chi connectivity index (χ3v) is 1.28. The molecule has 0 radical (unpaired) electrons. The van der Waals surface area contributed by atoms with Crippen LogP contribution in [0.2, 0.25) is 0 Å². The maximum atomic E-state index is 11.0. The summed E-state index contributed by atoms with van der Waals surface area (Å²) in [7, 11) is 0. The van der Waals surface area contributed by atoms with Crippen LogP contribution in [0, 0.1) is 0 Å². The Labute approximate surface area is 65.4 Å². The summed E-state index contributed by atoms with van der Waals surface area (Å²) in [4.78, 5) is 11.0. The van der Waals surface area contributed by atoms with Crippen LogP contribution in [0.25, 0.3) is 0 Å². The minimum atomic E-state index is 0.0360. The number of furan rings is 1. The molecule has 3 heteroatoms. The Balaban J connectivity index is 2.37. The van der Waals surface area contributed by atoms with Gasteiger partial charge >= 0.3 is 0 Å². The maximum absolute atomic E-state index is 11.0. The van der Waals surface area contributed by atoms with Crippen molar-refractivity contribution in [3.05, 3.63) is 18.6 Å². The van der Waals surface area contributed by atoms with Crippen molar-refractivity contribution in [2.24, 2.45) is 0 Å². The molecule has 1 N–H and O–H groups in total. The quantitative estimate of drug-likeness (QED) is 0.721. The highest BCUT2D eigenvalue weighted by atomic mass is 16.3. The molecule has 3 nitrogen and oxygen atoms in total. The molecular weight excluding hydrogens is 142 g/mol. The van der Waals surface area contributed by atoms with Gasteiger partial charge in [0, 0.05) is 6.42 Å². The molecule has 0 saturated carbocycles. The van der Waals surface area contributed by atoms with Gasteiger partial charge in [0.15, 0.2) is 0 Å². The second-order valence-corrected chi connectivity index (χ2v) is 2.31. The van der Waals surface area contributed by atoms with E-state index in [4.69, 9.17) is 4.42 Å². The van der Waals surface area contributed by atoms with Crippen LogP contribution in [0.1, 0.15) is 19.8 Å². The van der Waals surface area contributed by atoms with Crippen molar-refractivity contribution in [2.75, 3.05) is 5.32 Å². The molecule has 1 rings (SSSR count). The molecule has 0 aromatic carbocycles. The molecule has 0 spiro atoms. The number of carbonyl (C=O) groups excluding carboxylic acids is 1. The lowest BCUT2D eigenvalue weighted by molar-refractivity contribution is -0.116. The Morgan fingerprint density at radius 3 is 3.09 bits per heavy atom. The van der Waals surface area contributed by atoms with Crippen molar-refractivity contribution >= 4 is 11.6 Å². The first-order valence-corrected chi connectivity index (χ1v) is 3.65. The molecule has 1 aromatic rings. The lowest BCUT2D eigenvalue weighted by atomic mass is 10.3. The Bertz CT molecular complexity index is 216. The molecule has 0 saturated heterocycles. The van der Waals surface area contributed by atoms with E-state index < -0.39 is 0 Å². The number of hydrogen-bond donors (Lipinski definition) is 1. The van der Waals surface area contributed by atoms with Gasteiger partial charge in [-0.25, -0.2) is 0 Å². The van der Waals surface area contributed by atoms with Gasteiger partial charge in [0.2, 0.25) is 5.91 Å². The molecule has 11 heavy (non-hydrogen) atoms. The normalized spacial score (nSPS) is 9.55. The van der Waals surface area contributed by atoms with Crippen LogP contribution in [-0.4, -0.2) is 5.91 Å². The Morgan fingerprint density at radius 2 is 2.55 bits per heavy atom. The SMILES string of the molecule is CCCC(=O)Nc1ccoc1. The molecule has 0 atom stereocenters. The van der Waals surface area contributed by atoms with Gasteiger partial charge in [-0.2, -0.15) is 0 Å². The van der Waals surface area contributed by atoms with Crippen LogP contribution < -0.4 is 5.32 Å². The van der Waals surface area contributed by atoms with Gasteiger partial charge in [0.05, 0.1) is 12.0 Å². The predicted molar refractivity (Wildman–Crippen MR) is 42.2 cm³/mol. The van der Waals surface area contributed by atoms with Crippen molar-refractivity contribution in [1.29, 1.82) is 0 Å². The van der Waals surface area contributed by atoms with E-state index in [0.29, 0.717) is 6.42 Å². The molecule has 0 aliphatic rings. The topological polar surface area (TPSA) is 42.2 Å². The van der Waals surface area contributed by atoms with Crippen LogP contribution in [-0.2, 0) is 4.79 Å². The van der Waals surface area contributed by atoms with E-state index in [1.54, 1.807) is 6.07 Å². The summed E-state index contributed by atoms with van der Waals surface area (Å²) in [5.41, 5.74) is 0.725. The van der Waals surface area contributed by atoms with Crippen molar-refractivity contribution < 1.29 is 9.21 Å². The highest BCUT2D eigenvalue weighted by molar-refractivity contribution is 5.90. The second kappa shape index (κ2) is 3.81. The van der Waals surface area contributed by atoms with Crippen LogP contribution in [0.4, 0.5) is 5.69 Å². The number of rotatable bonds is 3. The van der Waals surface area contributed by atoms with E-state index in [-0.39, 0.29) is 5.91 Å². The van der Waals surface area contributed by atoms with Crippen molar-refractivity contribution in [3.8, 4) is 0 Å². The number of hydrogen-bond acceptors (Lipinski definition) is 2. The lowest BCUT2D eigenvalue weighted by Crippen LogP contribution is -2.09. The van der Waals surface area contributed by atoms with E-state index in [0.717, 1.165) is 12.1 Å². The minimum absolute atomic E-state index is 0.0360. The van der Waals surface area contributed by atoms with Gasteiger partial charge in [-0.1, -0.05) is 6.92 Å². The van der Waals surface area contributed by atoms with Gasteiger partial charge in [-0.05, 0) is 12.5 Å². The Hall–Kier alpha value is -1.25. The smallest absolute Gasteiger partial charge is 0.224 e. The number of amides is 1. The lowest BCUT2D eigenvalue weighted by Gasteiger charge is -1.97. The van der Waals surface area contributed by atoms with E-state index in [1.807, 2.05) is 6.92 Å². The van der Waals surface area contributed by atoms with Crippen molar-refractivity contribution in [2.45, 2.75) is 19.8 Å². The van der Waals surface area contributed by atoms with E-state index >= 15 is 0 Å². The predicted octanol–water partition coefficient (Wildman–Crippen LogP) is 2.02. The third kappa shape index (κ3) is 2.45. The van der Waals surface area contributed by atoms with E-state index in [2.05, 4.69) is 5.32 Å². The van der Waals surface area contributed by atoms with Gasteiger partial charge in [-0.3, -0.25) is 4.79 Å². The molecule has 1 aromatic heterocycles. The fourth-order valence-corrected chi connectivity index (χ4v) is 0.786. The fourth-order valence-electron chi connectivity index (χ4n) is 0.786. The van der Waals surface area contributed by atoms with Crippen molar-refractivity contribution in [3.63, 3.8) is 0 Å². The Morgan fingerprint density at radius 1 is 1.73 bits per heavy atom. The first-order valence-electron chi connectivity index (χ1n) is 3.65. The zero-order valence-corrected chi connectivity index (χ0v) is 6.46. The molecule has 0 aliphatic heterocycles. The molecule has 0 fully saturated rings. The molecule has 1 amide bonds. The van der Waals surface area contributed by atoms with Crippen LogP contribution in [0.3, 0.4) is 0 Å². The minimum Gasteiger partial charge on any atom is -0.470 e. The second-order valence-electron chi connectivity index (χ2n) is 2.31. The van der Waals surface area contributed by atoms with E-state index in [1.165, 1.54) is 12.5 Å². The summed E-state index contributed by atoms with van der Waals surface area (Å²) in [6.07, 6.45) is 4.46. The van der Waals surface area contributed by atoms with Crippen LogP contribution in [0.15, 0.2) is 23.0 Å². The van der Waals surface area contributed by atoms with Gasteiger partial charge in [0.25, 0.3) is 0 Å². The molecule has 60 valence electrons. The summed E-state index contributed by atoms with van der Waals surface area (Å²) >= 11 is 0. The Kier molecular flexibility index (Phi) is 2.72. The molecule has 0 unspecified atom stereocenters. The fraction of sp³-hybridized carbons (Fsp3) is 0.375. The standard InChI is InChI=1S/C8H11NO2/c1-2-3-8(10)9-7-4-5-11-6-7/h4-6H,2-3H2,1H3,(H,9,10). The van der Waals surface area contributed by atoms with Crippen LogP contribution in [0.5, 0.6) is 0 Å². The number of anilines is 1. The summed E-state index contributed by atoms with van der Waals surface area (Å²) in [6.45, 7) is 1.97.